The Kier molecular flexibility index (Phi) is 6.74. The van der Waals surface area contributed by atoms with Crippen molar-refractivity contribution < 1.29 is 5.11 Å². The van der Waals surface area contributed by atoms with Gasteiger partial charge in [-0.2, -0.15) is 0 Å². The van der Waals surface area contributed by atoms with E-state index >= 15 is 0 Å². The van der Waals surface area contributed by atoms with Crippen LogP contribution in [-0.4, -0.2) is 73.4 Å². The van der Waals surface area contributed by atoms with E-state index in [1.165, 1.54) is 25.9 Å². The highest BCUT2D eigenvalue weighted by Gasteiger charge is 2.19. The third-order valence-corrected chi connectivity index (χ3v) is 3.80. The van der Waals surface area contributed by atoms with Gasteiger partial charge in [-0.05, 0) is 66.7 Å². The summed E-state index contributed by atoms with van der Waals surface area (Å²) in [5, 5.41) is 13.4. The molecular weight excluding hydrogens is 238 g/mol. The first-order valence-electron chi connectivity index (χ1n) is 7.56. The van der Waals surface area contributed by atoms with Crippen molar-refractivity contribution in [1.82, 2.24) is 15.1 Å². The van der Waals surface area contributed by atoms with Crippen LogP contribution in [0.15, 0.2) is 0 Å². The number of likely N-dealkylation sites (tertiary alicyclic amines) is 1. The van der Waals surface area contributed by atoms with Crippen molar-refractivity contribution in [3.8, 4) is 0 Å². The molecule has 1 saturated heterocycles. The second-order valence-electron chi connectivity index (χ2n) is 7.25. The van der Waals surface area contributed by atoms with Crippen LogP contribution in [0, 0.1) is 5.92 Å². The first kappa shape index (κ1) is 16.9. The van der Waals surface area contributed by atoms with Gasteiger partial charge in [-0.1, -0.05) is 0 Å². The van der Waals surface area contributed by atoms with E-state index in [4.69, 9.17) is 0 Å². The zero-order chi connectivity index (χ0) is 14.5. The smallest absolute Gasteiger partial charge is 0.0791 e. The number of aliphatic hydroxyl groups is 1. The van der Waals surface area contributed by atoms with E-state index in [9.17, 15) is 5.11 Å². The lowest BCUT2D eigenvalue weighted by molar-refractivity contribution is 0.0997. The van der Waals surface area contributed by atoms with E-state index in [-0.39, 0.29) is 11.6 Å². The summed E-state index contributed by atoms with van der Waals surface area (Å²) in [5.41, 5.74) is 0.0769. The van der Waals surface area contributed by atoms with Gasteiger partial charge in [0.1, 0.15) is 0 Å². The van der Waals surface area contributed by atoms with E-state index in [0.717, 1.165) is 19.0 Å². The minimum atomic E-state index is -0.282. The van der Waals surface area contributed by atoms with Crippen LogP contribution in [0.4, 0.5) is 0 Å². The molecule has 2 N–H and O–H groups in total. The molecule has 1 fully saturated rings. The summed E-state index contributed by atoms with van der Waals surface area (Å²) < 4.78 is 0. The van der Waals surface area contributed by atoms with E-state index in [1.54, 1.807) is 0 Å². The zero-order valence-corrected chi connectivity index (χ0v) is 13.4. The monoisotopic (exact) mass is 271 g/mol. The van der Waals surface area contributed by atoms with Crippen LogP contribution in [0.25, 0.3) is 0 Å². The number of likely N-dealkylation sites (N-methyl/N-ethyl adjacent to an activating group) is 1. The predicted molar refractivity (Wildman–Crippen MR) is 81.5 cm³/mol. The van der Waals surface area contributed by atoms with Crippen LogP contribution in [0.5, 0.6) is 0 Å². The Morgan fingerprint density at radius 2 is 1.89 bits per heavy atom. The fraction of sp³-hybridized carbons (Fsp3) is 1.00. The van der Waals surface area contributed by atoms with Gasteiger partial charge in [0.2, 0.25) is 0 Å². The average Bonchev–Trinajstić information content (AvgIpc) is 2.29. The first-order valence-corrected chi connectivity index (χ1v) is 7.56. The summed E-state index contributed by atoms with van der Waals surface area (Å²) in [6.07, 6.45) is 2.30. The van der Waals surface area contributed by atoms with E-state index < -0.39 is 0 Å². The molecule has 0 amide bonds. The molecule has 0 spiro atoms. The quantitative estimate of drug-likeness (QED) is 0.756. The van der Waals surface area contributed by atoms with Crippen LogP contribution < -0.4 is 5.32 Å². The Hall–Kier alpha value is -0.160. The van der Waals surface area contributed by atoms with Crippen LogP contribution in [0.2, 0.25) is 0 Å². The number of hydrogen-bond acceptors (Lipinski definition) is 4. The molecule has 0 saturated carbocycles. The molecule has 0 radical (unpaired) electrons. The van der Waals surface area contributed by atoms with E-state index in [0.29, 0.717) is 6.54 Å². The molecule has 0 aliphatic carbocycles. The van der Waals surface area contributed by atoms with Gasteiger partial charge in [-0.25, -0.2) is 0 Å². The standard InChI is InChI=1S/C15H33N3O/c1-15(2,3)16-10-14(19)12-18(5)11-13-6-8-17(4)9-7-13/h13-14,16,19H,6-12H2,1-5H3. The predicted octanol–water partition coefficient (Wildman–Crippen LogP) is 1.01. The number of aliphatic hydroxyl groups excluding tert-OH is 1. The molecule has 1 rings (SSSR count). The van der Waals surface area contributed by atoms with Crippen molar-refractivity contribution in [2.75, 3.05) is 46.8 Å². The molecule has 4 nitrogen and oxygen atoms in total. The van der Waals surface area contributed by atoms with Gasteiger partial charge in [0.05, 0.1) is 6.10 Å². The van der Waals surface area contributed by atoms with E-state index in [2.05, 4.69) is 50.0 Å². The van der Waals surface area contributed by atoms with Gasteiger partial charge in [0, 0.05) is 25.2 Å². The van der Waals surface area contributed by atoms with Gasteiger partial charge < -0.3 is 20.2 Å². The lowest BCUT2D eigenvalue weighted by atomic mass is 9.96. The number of nitrogens with one attached hydrogen (secondary N) is 1. The van der Waals surface area contributed by atoms with Crippen molar-refractivity contribution in [2.24, 2.45) is 5.92 Å². The van der Waals surface area contributed by atoms with E-state index in [1.807, 2.05) is 0 Å². The fourth-order valence-electron chi connectivity index (χ4n) is 2.61. The SMILES string of the molecule is CN1CCC(CN(C)CC(O)CNC(C)(C)C)CC1. The molecule has 1 heterocycles. The van der Waals surface area contributed by atoms with Crippen LogP contribution in [0.1, 0.15) is 33.6 Å². The zero-order valence-electron chi connectivity index (χ0n) is 13.4. The third-order valence-electron chi connectivity index (χ3n) is 3.80. The van der Waals surface area contributed by atoms with Gasteiger partial charge in [0.25, 0.3) is 0 Å². The third kappa shape index (κ3) is 7.88. The molecule has 0 aromatic rings. The fourth-order valence-corrected chi connectivity index (χ4v) is 2.61. The highest BCUT2D eigenvalue weighted by atomic mass is 16.3. The molecule has 0 aromatic heterocycles. The van der Waals surface area contributed by atoms with Gasteiger partial charge in [0.15, 0.2) is 0 Å². The molecular formula is C15H33N3O. The highest BCUT2D eigenvalue weighted by Crippen LogP contribution is 2.16. The maximum atomic E-state index is 10.0. The Labute approximate surface area is 119 Å². The topological polar surface area (TPSA) is 38.7 Å². The van der Waals surface area contributed by atoms with Gasteiger partial charge in [-0.3, -0.25) is 0 Å². The Balaban J connectivity index is 2.17. The molecule has 114 valence electrons. The molecule has 19 heavy (non-hydrogen) atoms. The van der Waals surface area contributed by atoms with Crippen LogP contribution in [0.3, 0.4) is 0 Å². The molecule has 1 aliphatic rings. The van der Waals surface area contributed by atoms with Crippen molar-refractivity contribution in [3.05, 3.63) is 0 Å². The van der Waals surface area contributed by atoms with Crippen molar-refractivity contribution in [3.63, 3.8) is 0 Å². The summed E-state index contributed by atoms with van der Waals surface area (Å²) in [6.45, 7) is 11.3. The number of hydrogen-bond donors (Lipinski definition) is 2. The highest BCUT2D eigenvalue weighted by molar-refractivity contribution is 4.76. The normalized spacial score (nSPS) is 21.0. The molecule has 1 unspecified atom stereocenters. The van der Waals surface area contributed by atoms with Crippen LogP contribution in [-0.2, 0) is 0 Å². The molecule has 0 bridgehead atoms. The second-order valence-corrected chi connectivity index (χ2v) is 7.25. The minimum absolute atomic E-state index is 0.0769. The molecule has 4 heteroatoms. The molecule has 0 aromatic carbocycles. The Morgan fingerprint density at radius 3 is 2.42 bits per heavy atom. The lowest BCUT2D eigenvalue weighted by Gasteiger charge is -2.32. The van der Waals surface area contributed by atoms with Crippen molar-refractivity contribution >= 4 is 0 Å². The maximum Gasteiger partial charge on any atom is 0.0791 e. The van der Waals surface area contributed by atoms with Gasteiger partial charge in [-0.15, -0.1) is 0 Å². The summed E-state index contributed by atoms with van der Waals surface area (Å²) in [4.78, 5) is 4.68. The molecule has 1 aliphatic heterocycles. The number of rotatable bonds is 6. The Morgan fingerprint density at radius 1 is 1.32 bits per heavy atom. The van der Waals surface area contributed by atoms with Gasteiger partial charge >= 0.3 is 0 Å². The summed E-state index contributed by atoms with van der Waals surface area (Å²) >= 11 is 0. The maximum absolute atomic E-state index is 10.0. The van der Waals surface area contributed by atoms with Crippen LogP contribution >= 0.6 is 0 Å². The summed E-state index contributed by atoms with van der Waals surface area (Å²) in [7, 11) is 4.32. The van der Waals surface area contributed by atoms with Crippen molar-refractivity contribution in [2.45, 2.75) is 45.3 Å². The number of β-amino-alcohol motifs (C(OH)–C–C–N with tert-alkyl or cyclic N) is 1. The summed E-state index contributed by atoms with van der Waals surface area (Å²) in [5.74, 6) is 0.795. The summed E-state index contributed by atoms with van der Waals surface area (Å²) in [6, 6.07) is 0. The Bertz CT molecular complexity index is 244. The first-order chi connectivity index (χ1) is 8.76. The van der Waals surface area contributed by atoms with Crippen molar-refractivity contribution in [1.29, 1.82) is 0 Å². The average molecular weight is 271 g/mol. The lowest BCUT2D eigenvalue weighted by Crippen LogP contribution is -2.45. The largest absolute Gasteiger partial charge is 0.390 e. The number of nitrogens with zero attached hydrogens (tertiary/aromatic N) is 2. The molecule has 1 atom stereocenters. The number of piperidine rings is 1. The second kappa shape index (κ2) is 7.58. The minimum Gasteiger partial charge on any atom is -0.390 e.